The summed E-state index contributed by atoms with van der Waals surface area (Å²) in [4.78, 5) is 24.8. The molecule has 0 aromatic rings. The van der Waals surface area contributed by atoms with Gasteiger partial charge in [0.05, 0.1) is 7.11 Å². The molecule has 0 aromatic carbocycles. The number of ether oxygens (including phenoxy) is 2. The molecule has 0 unspecified atom stereocenters. The fourth-order valence-electron chi connectivity index (χ4n) is 1.70. The Balaban J connectivity index is 2.81. The molecular formula is C12H19NO4. The van der Waals surface area contributed by atoms with E-state index in [1.807, 2.05) is 0 Å². The first-order valence-electron chi connectivity index (χ1n) is 5.54. The Labute approximate surface area is 101 Å². The van der Waals surface area contributed by atoms with Gasteiger partial charge in [0.2, 0.25) is 0 Å². The normalized spacial score (nSPS) is 20.4. The summed E-state index contributed by atoms with van der Waals surface area (Å²) in [5.74, 6) is -0.436. The number of hydrogen-bond acceptors (Lipinski definition) is 4. The third kappa shape index (κ3) is 3.22. The predicted molar refractivity (Wildman–Crippen MR) is 62.3 cm³/mol. The van der Waals surface area contributed by atoms with E-state index in [0.717, 1.165) is 0 Å². The Morgan fingerprint density at radius 3 is 2.47 bits per heavy atom. The molecule has 0 radical (unpaired) electrons. The van der Waals surface area contributed by atoms with Gasteiger partial charge in [-0.05, 0) is 33.6 Å². The van der Waals surface area contributed by atoms with E-state index < -0.39 is 23.7 Å². The van der Waals surface area contributed by atoms with Crippen LogP contribution in [0.2, 0.25) is 0 Å². The first-order chi connectivity index (χ1) is 7.76. The van der Waals surface area contributed by atoms with Crippen molar-refractivity contribution in [2.45, 2.75) is 45.3 Å². The Morgan fingerprint density at radius 2 is 2.00 bits per heavy atom. The van der Waals surface area contributed by atoms with Crippen LogP contribution in [-0.2, 0) is 14.3 Å². The quantitative estimate of drug-likeness (QED) is 0.659. The zero-order chi connectivity index (χ0) is 13.2. The summed E-state index contributed by atoms with van der Waals surface area (Å²) >= 11 is 0. The van der Waals surface area contributed by atoms with Crippen molar-refractivity contribution in [3.63, 3.8) is 0 Å². The number of nitrogens with zero attached hydrogens (tertiary/aromatic N) is 1. The molecule has 0 bridgehead atoms. The third-order valence-electron chi connectivity index (χ3n) is 2.42. The van der Waals surface area contributed by atoms with Crippen molar-refractivity contribution in [2.75, 3.05) is 7.11 Å². The lowest BCUT2D eigenvalue weighted by molar-refractivity contribution is -0.145. The summed E-state index contributed by atoms with van der Waals surface area (Å²) in [6.45, 7) is 9.09. The van der Waals surface area contributed by atoms with Crippen LogP contribution in [0.4, 0.5) is 4.79 Å². The minimum Gasteiger partial charge on any atom is -0.467 e. The molecule has 5 heteroatoms. The van der Waals surface area contributed by atoms with Crippen molar-refractivity contribution in [1.29, 1.82) is 0 Å². The standard InChI is InChI=1S/C12H19NO4/c1-8-6-7-9(10(14)16-5)13(8)11(15)17-12(2,3)4/h9H,1,6-7H2,2-5H3/t9-/m0/s1. The van der Waals surface area contributed by atoms with Crippen LogP contribution in [0.1, 0.15) is 33.6 Å². The summed E-state index contributed by atoms with van der Waals surface area (Å²) < 4.78 is 9.90. The van der Waals surface area contributed by atoms with Crippen LogP contribution >= 0.6 is 0 Å². The monoisotopic (exact) mass is 241 g/mol. The van der Waals surface area contributed by atoms with Crippen molar-refractivity contribution in [2.24, 2.45) is 0 Å². The number of allylic oxidation sites excluding steroid dienone is 1. The van der Waals surface area contributed by atoms with Gasteiger partial charge >= 0.3 is 12.1 Å². The number of carbonyl (C=O) groups is 2. The summed E-state index contributed by atoms with van der Waals surface area (Å²) in [5, 5.41) is 0. The van der Waals surface area contributed by atoms with Gasteiger partial charge in [0, 0.05) is 5.70 Å². The number of methoxy groups -OCH3 is 1. The molecule has 1 heterocycles. The molecule has 0 aliphatic carbocycles. The van der Waals surface area contributed by atoms with Gasteiger partial charge in [-0.25, -0.2) is 9.59 Å². The van der Waals surface area contributed by atoms with Gasteiger partial charge in [-0.3, -0.25) is 4.90 Å². The highest BCUT2D eigenvalue weighted by atomic mass is 16.6. The Kier molecular flexibility index (Phi) is 3.80. The lowest BCUT2D eigenvalue weighted by Gasteiger charge is -2.27. The fraction of sp³-hybridized carbons (Fsp3) is 0.667. The molecule has 5 nitrogen and oxygen atoms in total. The third-order valence-corrected chi connectivity index (χ3v) is 2.42. The molecule has 1 saturated heterocycles. The van der Waals surface area contributed by atoms with Gasteiger partial charge in [-0.15, -0.1) is 0 Å². The number of hydrogen-bond donors (Lipinski definition) is 0. The zero-order valence-corrected chi connectivity index (χ0v) is 10.8. The number of carbonyl (C=O) groups excluding carboxylic acids is 2. The minimum absolute atomic E-state index is 0.436. The number of rotatable bonds is 1. The molecule has 96 valence electrons. The van der Waals surface area contributed by atoms with Crippen LogP contribution in [-0.4, -0.2) is 35.7 Å². The second-order valence-electron chi connectivity index (χ2n) is 4.99. The smallest absolute Gasteiger partial charge is 0.415 e. The highest BCUT2D eigenvalue weighted by Crippen LogP contribution is 2.28. The first kappa shape index (κ1) is 13.5. The lowest BCUT2D eigenvalue weighted by atomic mass is 10.2. The molecule has 1 rings (SSSR count). The average molecular weight is 241 g/mol. The highest BCUT2D eigenvalue weighted by Gasteiger charge is 2.39. The van der Waals surface area contributed by atoms with Crippen molar-refractivity contribution >= 4 is 12.1 Å². The summed E-state index contributed by atoms with van der Waals surface area (Å²) in [6, 6.07) is -0.609. The van der Waals surface area contributed by atoms with Gasteiger partial charge in [-0.1, -0.05) is 6.58 Å². The van der Waals surface area contributed by atoms with E-state index >= 15 is 0 Å². The van der Waals surface area contributed by atoms with Crippen LogP contribution in [0.25, 0.3) is 0 Å². The van der Waals surface area contributed by atoms with Crippen LogP contribution in [0.5, 0.6) is 0 Å². The van der Waals surface area contributed by atoms with Crippen LogP contribution in [0, 0.1) is 0 Å². The molecule has 1 fully saturated rings. The SMILES string of the molecule is C=C1CC[C@@H](C(=O)OC)N1C(=O)OC(C)(C)C. The molecule has 1 atom stereocenters. The number of amides is 1. The summed E-state index contributed by atoms with van der Waals surface area (Å²) in [5.41, 5.74) is -0.00434. The molecule has 1 aliphatic rings. The maximum absolute atomic E-state index is 11.9. The van der Waals surface area contributed by atoms with Crippen molar-refractivity contribution < 1.29 is 19.1 Å². The second-order valence-corrected chi connectivity index (χ2v) is 4.99. The van der Waals surface area contributed by atoms with E-state index in [4.69, 9.17) is 4.74 Å². The van der Waals surface area contributed by atoms with Gasteiger partial charge in [0.25, 0.3) is 0 Å². The van der Waals surface area contributed by atoms with Crippen molar-refractivity contribution in [3.8, 4) is 0 Å². The van der Waals surface area contributed by atoms with E-state index in [9.17, 15) is 9.59 Å². The van der Waals surface area contributed by atoms with Gasteiger partial charge < -0.3 is 9.47 Å². The molecule has 0 spiro atoms. The van der Waals surface area contributed by atoms with Crippen LogP contribution < -0.4 is 0 Å². The highest BCUT2D eigenvalue weighted by molar-refractivity contribution is 5.83. The van der Waals surface area contributed by atoms with Gasteiger partial charge in [0.15, 0.2) is 0 Å². The maximum Gasteiger partial charge on any atom is 0.415 e. The Bertz CT molecular complexity index is 343. The summed E-state index contributed by atoms with van der Waals surface area (Å²) in [6.07, 6.45) is 0.583. The Hall–Kier alpha value is -1.52. The van der Waals surface area contributed by atoms with Crippen molar-refractivity contribution in [1.82, 2.24) is 4.90 Å². The number of esters is 1. The van der Waals surface area contributed by atoms with Crippen LogP contribution in [0.15, 0.2) is 12.3 Å². The lowest BCUT2D eigenvalue weighted by Crippen LogP contribution is -2.42. The fourth-order valence-corrected chi connectivity index (χ4v) is 1.70. The van der Waals surface area contributed by atoms with E-state index in [1.54, 1.807) is 20.8 Å². The van der Waals surface area contributed by atoms with Crippen molar-refractivity contribution in [3.05, 3.63) is 12.3 Å². The van der Waals surface area contributed by atoms with Gasteiger partial charge in [-0.2, -0.15) is 0 Å². The topological polar surface area (TPSA) is 55.8 Å². The molecular weight excluding hydrogens is 222 g/mol. The molecule has 17 heavy (non-hydrogen) atoms. The second kappa shape index (κ2) is 4.77. The summed E-state index contributed by atoms with van der Waals surface area (Å²) in [7, 11) is 1.30. The first-order valence-corrected chi connectivity index (χ1v) is 5.54. The van der Waals surface area contributed by atoms with E-state index in [2.05, 4.69) is 11.3 Å². The maximum atomic E-state index is 11.9. The molecule has 0 aromatic heterocycles. The predicted octanol–water partition coefficient (Wildman–Crippen LogP) is 2.07. The molecule has 1 aliphatic heterocycles. The Morgan fingerprint density at radius 1 is 1.41 bits per heavy atom. The average Bonchev–Trinajstić information content (AvgIpc) is 2.56. The van der Waals surface area contributed by atoms with E-state index in [-0.39, 0.29) is 0 Å². The minimum atomic E-state index is -0.609. The van der Waals surface area contributed by atoms with Crippen LogP contribution in [0.3, 0.4) is 0 Å². The molecule has 0 N–H and O–H groups in total. The number of likely N-dealkylation sites (tertiary alicyclic amines) is 1. The van der Waals surface area contributed by atoms with E-state index in [1.165, 1.54) is 12.0 Å². The van der Waals surface area contributed by atoms with E-state index in [0.29, 0.717) is 18.5 Å². The van der Waals surface area contributed by atoms with Gasteiger partial charge in [0.1, 0.15) is 11.6 Å². The molecule has 1 amide bonds. The molecule has 0 saturated carbocycles. The largest absolute Gasteiger partial charge is 0.467 e. The zero-order valence-electron chi connectivity index (χ0n) is 10.8.